The van der Waals surface area contributed by atoms with E-state index in [1.807, 2.05) is 0 Å². The topological polar surface area (TPSA) is 49.3 Å². The molecule has 0 amide bonds. The Morgan fingerprint density at radius 1 is 0.900 bits per heavy atom. The second-order valence-corrected chi connectivity index (χ2v) is 5.27. The van der Waals surface area contributed by atoms with E-state index >= 15 is 0 Å². The Hall–Kier alpha value is -1.51. The molecular formula is C17H27NO2. The summed E-state index contributed by atoms with van der Waals surface area (Å²) in [6.07, 6.45) is 10.4. The zero-order valence-electron chi connectivity index (χ0n) is 12.5. The average Bonchev–Trinajstić information content (AvgIpc) is 2.61. The van der Waals surface area contributed by atoms with Gasteiger partial charge in [-0.3, -0.25) is 4.79 Å². The molecule has 0 fully saturated rings. The van der Waals surface area contributed by atoms with Crippen LogP contribution in [0, 0.1) is 0 Å². The molecule has 112 valence electrons. The highest BCUT2D eigenvalue weighted by Gasteiger charge is 1.95. The fourth-order valence-corrected chi connectivity index (χ4v) is 2.17. The van der Waals surface area contributed by atoms with E-state index in [2.05, 4.69) is 12.2 Å². The Morgan fingerprint density at radius 2 is 1.50 bits per heavy atom. The maximum Gasteiger partial charge on any atom is 0.220 e. The lowest BCUT2D eigenvalue weighted by molar-refractivity contribution is 0.471. The van der Waals surface area contributed by atoms with Crippen LogP contribution in [0.15, 0.2) is 29.1 Å². The van der Waals surface area contributed by atoms with Gasteiger partial charge in [0.2, 0.25) is 5.43 Å². The van der Waals surface area contributed by atoms with E-state index in [1.54, 1.807) is 12.1 Å². The molecule has 0 aromatic heterocycles. The van der Waals surface area contributed by atoms with E-state index in [0.717, 1.165) is 18.7 Å². The summed E-state index contributed by atoms with van der Waals surface area (Å²) in [4.78, 5) is 11.2. The Kier molecular flexibility index (Phi) is 8.52. The van der Waals surface area contributed by atoms with Crippen LogP contribution in [-0.2, 0) is 0 Å². The Bertz CT molecular complexity index is 432. The van der Waals surface area contributed by atoms with E-state index in [9.17, 15) is 9.90 Å². The number of anilines is 1. The highest BCUT2D eigenvalue weighted by atomic mass is 16.3. The molecule has 0 saturated carbocycles. The lowest BCUT2D eigenvalue weighted by Crippen LogP contribution is -2.00. The lowest BCUT2D eigenvalue weighted by atomic mass is 10.1. The predicted molar refractivity (Wildman–Crippen MR) is 85.5 cm³/mol. The van der Waals surface area contributed by atoms with Gasteiger partial charge in [-0.15, -0.1) is 0 Å². The summed E-state index contributed by atoms with van der Waals surface area (Å²) in [5.74, 6) is -0.204. The third-order valence-electron chi connectivity index (χ3n) is 3.45. The normalized spacial score (nSPS) is 10.4. The van der Waals surface area contributed by atoms with Crippen molar-refractivity contribution in [1.29, 1.82) is 0 Å². The molecule has 0 bridgehead atoms. The predicted octanol–water partition coefficient (Wildman–Crippen LogP) is 4.31. The zero-order chi connectivity index (χ0) is 14.6. The van der Waals surface area contributed by atoms with Gasteiger partial charge in [-0.05, 0) is 30.7 Å². The minimum Gasteiger partial charge on any atom is -0.504 e. The van der Waals surface area contributed by atoms with Crippen molar-refractivity contribution in [1.82, 2.24) is 0 Å². The van der Waals surface area contributed by atoms with Crippen molar-refractivity contribution in [2.45, 2.75) is 58.3 Å². The third kappa shape index (κ3) is 7.17. The second-order valence-electron chi connectivity index (χ2n) is 5.27. The van der Waals surface area contributed by atoms with Crippen LogP contribution in [0.2, 0.25) is 0 Å². The van der Waals surface area contributed by atoms with Crippen molar-refractivity contribution in [3.63, 3.8) is 0 Å². The Morgan fingerprint density at radius 3 is 2.20 bits per heavy atom. The van der Waals surface area contributed by atoms with Crippen LogP contribution in [0.25, 0.3) is 0 Å². The van der Waals surface area contributed by atoms with Gasteiger partial charge in [-0.2, -0.15) is 0 Å². The van der Waals surface area contributed by atoms with Crippen molar-refractivity contribution in [3.05, 3.63) is 34.5 Å². The fourth-order valence-electron chi connectivity index (χ4n) is 2.17. The molecule has 0 aliphatic heterocycles. The van der Waals surface area contributed by atoms with Crippen molar-refractivity contribution in [2.75, 3.05) is 11.9 Å². The average molecular weight is 277 g/mol. The van der Waals surface area contributed by atoms with E-state index in [-0.39, 0.29) is 11.2 Å². The molecule has 0 spiro atoms. The molecule has 0 aliphatic carbocycles. The lowest BCUT2D eigenvalue weighted by Gasteiger charge is -2.04. The molecule has 20 heavy (non-hydrogen) atoms. The summed E-state index contributed by atoms with van der Waals surface area (Å²) in [5, 5.41) is 12.6. The van der Waals surface area contributed by atoms with Gasteiger partial charge in [-0.1, -0.05) is 51.9 Å². The molecular weight excluding hydrogens is 250 g/mol. The summed E-state index contributed by atoms with van der Waals surface area (Å²) in [7, 11) is 0. The monoisotopic (exact) mass is 277 g/mol. The van der Waals surface area contributed by atoms with Crippen LogP contribution < -0.4 is 10.7 Å². The van der Waals surface area contributed by atoms with Crippen LogP contribution in [0.1, 0.15) is 58.3 Å². The number of aromatic hydroxyl groups is 1. The molecule has 0 atom stereocenters. The van der Waals surface area contributed by atoms with Crippen LogP contribution in [0.3, 0.4) is 0 Å². The highest BCUT2D eigenvalue weighted by Crippen LogP contribution is 2.10. The highest BCUT2D eigenvalue weighted by molar-refractivity contribution is 5.43. The number of unbranched alkanes of at least 4 members (excludes halogenated alkanes) is 7. The first-order valence-corrected chi connectivity index (χ1v) is 7.81. The van der Waals surface area contributed by atoms with E-state index in [4.69, 9.17) is 0 Å². The summed E-state index contributed by atoms with van der Waals surface area (Å²) in [6.45, 7) is 3.15. The molecule has 0 heterocycles. The maximum atomic E-state index is 11.2. The molecule has 0 unspecified atom stereocenters. The molecule has 1 aromatic rings. The number of hydrogen-bond acceptors (Lipinski definition) is 3. The summed E-state index contributed by atoms with van der Waals surface area (Å²) < 4.78 is 0. The standard InChI is InChI=1S/C17H27NO2/c1-2-3-4-5-6-7-8-9-14-18-15-10-12-16(19)17(20)13-11-15/h10-13,18H,2-9,14H2,1H3,(H,19,20). The smallest absolute Gasteiger partial charge is 0.220 e. The summed E-state index contributed by atoms with van der Waals surface area (Å²) in [5.41, 5.74) is 0.537. The van der Waals surface area contributed by atoms with Gasteiger partial charge >= 0.3 is 0 Å². The van der Waals surface area contributed by atoms with Gasteiger partial charge in [0, 0.05) is 12.2 Å². The SMILES string of the molecule is CCCCCCCCCCNc1ccc(O)c(=O)cc1. The molecule has 1 rings (SSSR count). The van der Waals surface area contributed by atoms with Crippen LogP contribution in [-0.4, -0.2) is 11.7 Å². The molecule has 0 saturated heterocycles. The molecule has 2 N–H and O–H groups in total. The molecule has 1 aromatic carbocycles. The van der Waals surface area contributed by atoms with E-state index in [1.165, 1.54) is 57.1 Å². The fraction of sp³-hybridized carbons (Fsp3) is 0.588. The Balaban J connectivity index is 2.10. The molecule has 0 radical (unpaired) electrons. The third-order valence-corrected chi connectivity index (χ3v) is 3.45. The largest absolute Gasteiger partial charge is 0.504 e. The van der Waals surface area contributed by atoms with Crippen LogP contribution >= 0.6 is 0 Å². The van der Waals surface area contributed by atoms with Crippen molar-refractivity contribution < 1.29 is 5.11 Å². The van der Waals surface area contributed by atoms with E-state index in [0.29, 0.717) is 0 Å². The zero-order valence-corrected chi connectivity index (χ0v) is 12.5. The van der Waals surface area contributed by atoms with Gasteiger partial charge in [-0.25, -0.2) is 0 Å². The van der Waals surface area contributed by atoms with Crippen LogP contribution in [0.4, 0.5) is 5.69 Å². The molecule has 0 aliphatic rings. The van der Waals surface area contributed by atoms with Crippen molar-refractivity contribution >= 4 is 5.69 Å². The van der Waals surface area contributed by atoms with Crippen molar-refractivity contribution in [3.8, 4) is 5.75 Å². The molecule has 3 heteroatoms. The minimum absolute atomic E-state index is 0.204. The number of rotatable bonds is 10. The van der Waals surface area contributed by atoms with Gasteiger partial charge in [0.05, 0.1) is 0 Å². The quantitative estimate of drug-likeness (QED) is 0.627. The number of nitrogens with one attached hydrogen (secondary N) is 1. The first kappa shape index (κ1) is 16.5. The van der Waals surface area contributed by atoms with Gasteiger partial charge in [0.25, 0.3) is 0 Å². The summed E-state index contributed by atoms with van der Waals surface area (Å²) in [6, 6.07) is 6.29. The first-order valence-electron chi connectivity index (χ1n) is 7.81. The van der Waals surface area contributed by atoms with E-state index < -0.39 is 0 Å². The maximum absolute atomic E-state index is 11.2. The van der Waals surface area contributed by atoms with Crippen molar-refractivity contribution in [2.24, 2.45) is 0 Å². The minimum atomic E-state index is -0.342. The Labute approximate surface area is 122 Å². The second kappa shape index (κ2) is 10.3. The number of hydrogen-bond donors (Lipinski definition) is 2. The first-order chi connectivity index (χ1) is 9.74. The van der Waals surface area contributed by atoms with Gasteiger partial charge < -0.3 is 10.4 Å². The summed E-state index contributed by atoms with van der Waals surface area (Å²) >= 11 is 0. The van der Waals surface area contributed by atoms with Crippen LogP contribution in [0.5, 0.6) is 5.75 Å². The van der Waals surface area contributed by atoms with Gasteiger partial charge in [0.15, 0.2) is 5.75 Å². The molecule has 3 nitrogen and oxygen atoms in total. The van der Waals surface area contributed by atoms with Gasteiger partial charge in [0.1, 0.15) is 0 Å².